The summed E-state index contributed by atoms with van der Waals surface area (Å²) in [6.45, 7) is 4.00. The highest BCUT2D eigenvalue weighted by Crippen LogP contribution is 2.30. The quantitative estimate of drug-likeness (QED) is 0.683. The van der Waals surface area contributed by atoms with Crippen LogP contribution in [0.3, 0.4) is 0 Å². The van der Waals surface area contributed by atoms with E-state index in [0.717, 1.165) is 0 Å². The Balaban J connectivity index is 0.000000461. The van der Waals surface area contributed by atoms with Gasteiger partial charge in [-0.1, -0.05) is 32.0 Å². The van der Waals surface area contributed by atoms with Crippen LogP contribution in [-0.2, 0) is 0 Å². The van der Waals surface area contributed by atoms with Gasteiger partial charge in [0.25, 0.3) is 0 Å². The Bertz CT molecular complexity index is 357. The topological polar surface area (TPSA) is 3.24 Å². The summed E-state index contributed by atoms with van der Waals surface area (Å²) < 4.78 is 1.36. The molecule has 0 bridgehead atoms. The van der Waals surface area contributed by atoms with E-state index in [0.29, 0.717) is 0 Å². The predicted octanol–water partition coefficient (Wildman–Crippen LogP) is 3.99. The first-order chi connectivity index (χ1) is 6.77. The van der Waals surface area contributed by atoms with Gasteiger partial charge in [-0.2, -0.15) is 0 Å². The van der Waals surface area contributed by atoms with Gasteiger partial charge in [0, 0.05) is 18.8 Å². The molecule has 14 heavy (non-hydrogen) atoms. The lowest BCUT2D eigenvalue weighted by atomic mass is 10.3. The zero-order chi connectivity index (χ0) is 10.6. The van der Waals surface area contributed by atoms with E-state index in [4.69, 9.17) is 0 Å². The molecule has 1 heterocycles. The third-order valence-electron chi connectivity index (χ3n) is 1.85. The molecule has 2 aromatic rings. The minimum Gasteiger partial charge on any atom is -0.370 e. The van der Waals surface area contributed by atoms with E-state index >= 15 is 0 Å². The van der Waals surface area contributed by atoms with Crippen molar-refractivity contribution >= 4 is 26.4 Å². The van der Waals surface area contributed by atoms with E-state index in [1.54, 1.807) is 0 Å². The zero-order valence-electron chi connectivity index (χ0n) is 9.24. The lowest BCUT2D eigenvalue weighted by molar-refractivity contribution is 1.16. The van der Waals surface area contributed by atoms with Crippen LogP contribution in [-0.4, -0.2) is 14.1 Å². The molecule has 2 heteroatoms. The van der Waals surface area contributed by atoms with Crippen LogP contribution < -0.4 is 4.90 Å². The monoisotopic (exact) mass is 207 g/mol. The average molecular weight is 207 g/mol. The maximum Gasteiger partial charge on any atom is 0.0915 e. The van der Waals surface area contributed by atoms with Crippen molar-refractivity contribution in [1.82, 2.24) is 0 Å². The van der Waals surface area contributed by atoms with Crippen molar-refractivity contribution in [2.45, 2.75) is 13.8 Å². The molecule has 1 nitrogen and oxygen atoms in total. The van der Waals surface area contributed by atoms with Gasteiger partial charge < -0.3 is 4.90 Å². The van der Waals surface area contributed by atoms with Crippen molar-refractivity contribution in [2.24, 2.45) is 0 Å². The van der Waals surface area contributed by atoms with Crippen LogP contribution in [0.1, 0.15) is 13.8 Å². The summed E-state index contributed by atoms with van der Waals surface area (Å²) in [6, 6.07) is 10.7. The Morgan fingerprint density at radius 2 is 1.71 bits per heavy atom. The number of thiophene rings is 1. The Morgan fingerprint density at radius 3 is 2.29 bits per heavy atom. The Labute approximate surface area is 90.0 Å². The third kappa shape index (κ3) is 2.26. The van der Waals surface area contributed by atoms with E-state index < -0.39 is 0 Å². The van der Waals surface area contributed by atoms with Crippen molar-refractivity contribution in [3.05, 3.63) is 30.3 Å². The van der Waals surface area contributed by atoms with Crippen molar-refractivity contribution in [3.63, 3.8) is 0 Å². The molecule has 0 aliphatic heterocycles. The number of rotatable bonds is 1. The van der Waals surface area contributed by atoms with Crippen molar-refractivity contribution < 1.29 is 0 Å². The molecular weight excluding hydrogens is 190 g/mol. The van der Waals surface area contributed by atoms with Crippen LogP contribution in [0.25, 0.3) is 10.1 Å². The average Bonchev–Trinajstić information content (AvgIpc) is 2.64. The maximum absolute atomic E-state index is 2.22. The van der Waals surface area contributed by atoms with E-state index in [-0.39, 0.29) is 0 Å². The standard InChI is InChI=1S/C10H11NS.C2H6/c1-11(2)10-7-8-5-3-4-6-9(8)12-10;1-2/h3-7H,1-2H3;1-2H3. The number of hydrogen-bond acceptors (Lipinski definition) is 2. The van der Waals surface area contributed by atoms with E-state index in [9.17, 15) is 0 Å². The lowest BCUT2D eigenvalue weighted by Gasteiger charge is -2.06. The summed E-state index contributed by atoms with van der Waals surface area (Å²) in [7, 11) is 4.15. The highest BCUT2D eigenvalue weighted by Gasteiger charge is 2.00. The first-order valence-electron chi connectivity index (χ1n) is 4.93. The summed E-state index contributed by atoms with van der Waals surface area (Å²) in [5.74, 6) is 0. The van der Waals surface area contributed by atoms with Gasteiger partial charge in [0.1, 0.15) is 0 Å². The number of hydrogen-bond donors (Lipinski definition) is 0. The molecule has 2 rings (SSSR count). The van der Waals surface area contributed by atoms with Crippen LogP contribution in [0.15, 0.2) is 30.3 Å². The van der Waals surface area contributed by atoms with Gasteiger partial charge in [-0.15, -0.1) is 11.3 Å². The molecule has 0 spiro atoms. The Hall–Kier alpha value is -1.02. The fraction of sp³-hybridized carbons (Fsp3) is 0.333. The molecule has 1 aromatic carbocycles. The third-order valence-corrected chi connectivity index (χ3v) is 3.14. The van der Waals surface area contributed by atoms with E-state index in [1.165, 1.54) is 15.1 Å². The Kier molecular flexibility index (Phi) is 3.96. The van der Waals surface area contributed by atoms with E-state index in [1.807, 2.05) is 25.2 Å². The highest BCUT2D eigenvalue weighted by molar-refractivity contribution is 7.22. The van der Waals surface area contributed by atoms with Crippen molar-refractivity contribution in [2.75, 3.05) is 19.0 Å². The molecule has 0 radical (unpaired) electrons. The molecule has 0 amide bonds. The molecule has 0 aliphatic carbocycles. The van der Waals surface area contributed by atoms with Crippen LogP contribution in [0.5, 0.6) is 0 Å². The van der Waals surface area contributed by atoms with Crippen LogP contribution >= 0.6 is 11.3 Å². The largest absolute Gasteiger partial charge is 0.370 e. The smallest absolute Gasteiger partial charge is 0.0915 e. The molecule has 0 fully saturated rings. The molecule has 1 aromatic heterocycles. The minimum atomic E-state index is 1.32. The second-order valence-corrected chi connectivity index (χ2v) is 4.08. The maximum atomic E-state index is 2.22. The number of nitrogens with zero attached hydrogens (tertiary/aromatic N) is 1. The Morgan fingerprint density at radius 1 is 1.07 bits per heavy atom. The predicted molar refractivity (Wildman–Crippen MR) is 67.5 cm³/mol. The van der Waals surface area contributed by atoms with Gasteiger partial charge in [-0.05, 0) is 17.5 Å². The highest BCUT2D eigenvalue weighted by atomic mass is 32.1. The lowest BCUT2D eigenvalue weighted by Crippen LogP contribution is -2.05. The molecular formula is C12H17NS. The van der Waals surface area contributed by atoms with Gasteiger partial charge in [0.05, 0.1) is 5.00 Å². The van der Waals surface area contributed by atoms with Gasteiger partial charge in [-0.25, -0.2) is 0 Å². The molecule has 0 N–H and O–H groups in total. The van der Waals surface area contributed by atoms with E-state index in [2.05, 4.69) is 49.3 Å². The summed E-state index contributed by atoms with van der Waals surface area (Å²) >= 11 is 1.83. The minimum absolute atomic E-state index is 1.32. The van der Waals surface area contributed by atoms with Crippen LogP contribution in [0.4, 0.5) is 5.00 Å². The summed E-state index contributed by atoms with van der Waals surface area (Å²) in [5, 5.41) is 2.66. The fourth-order valence-electron chi connectivity index (χ4n) is 1.19. The molecule has 0 aliphatic rings. The summed E-state index contributed by atoms with van der Waals surface area (Å²) in [6.07, 6.45) is 0. The summed E-state index contributed by atoms with van der Waals surface area (Å²) in [4.78, 5) is 2.14. The molecule has 0 unspecified atom stereocenters. The van der Waals surface area contributed by atoms with Gasteiger partial charge in [0.2, 0.25) is 0 Å². The molecule has 0 saturated heterocycles. The van der Waals surface area contributed by atoms with Crippen molar-refractivity contribution in [1.29, 1.82) is 0 Å². The molecule has 0 atom stereocenters. The first-order valence-corrected chi connectivity index (χ1v) is 5.75. The number of anilines is 1. The van der Waals surface area contributed by atoms with Crippen LogP contribution in [0, 0.1) is 0 Å². The van der Waals surface area contributed by atoms with Crippen molar-refractivity contribution in [3.8, 4) is 0 Å². The SMILES string of the molecule is CC.CN(C)c1cc2ccccc2s1. The van der Waals surface area contributed by atoms with Crippen LogP contribution in [0.2, 0.25) is 0 Å². The second kappa shape index (κ2) is 5.01. The zero-order valence-corrected chi connectivity index (χ0v) is 10.1. The van der Waals surface area contributed by atoms with Gasteiger partial charge in [0.15, 0.2) is 0 Å². The number of fused-ring (bicyclic) bond motifs is 1. The second-order valence-electron chi connectivity index (χ2n) is 3.02. The molecule has 0 saturated carbocycles. The van der Waals surface area contributed by atoms with Gasteiger partial charge in [-0.3, -0.25) is 0 Å². The summed E-state index contributed by atoms with van der Waals surface area (Å²) in [5.41, 5.74) is 0. The number of benzene rings is 1. The first kappa shape index (κ1) is 11.1. The normalized spacial score (nSPS) is 9.43. The fourth-order valence-corrected chi connectivity index (χ4v) is 2.17. The molecule has 76 valence electrons. The van der Waals surface area contributed by atoms with Gasteiger partial charge >= 0.3 is 0 Å².